The maximum absolute atomic E-state index is 11.6. The van der Waals surface area contributed by atoms with Crippen LogP contribution in [0.3, 0.4) is 0 Å². The average Bonchev–Trinajstić information content (AvgIpc) is 2.25. The number of carboxylic acid groups (broad SMARTS) is 1. The van der Waals surface area contributed by atoms with E-state index in [1.54, 1.807) is 13.8 Å². The largest absolute Gasteiger partial charge is 0.480 e. The third kappa shape index (κ3) is 5.17. The zero-order chi connectivity index (χ0) is 13.6. The molecule has 0 aromatic rings. The number of aliphatic carboxylic acids is 1. The number of rotatable bonds is 7. The highest BCUT2D eigenvalue weighted by Gasteiger charge is 2.30. The molecule has 0 fully saturated rings. The molecule has 0 saturated heterocycles. The Kier molecular flexibility index (Phi) is 6.16. The summed E-state index contributed by atoms with van der Waals surface area (Å²) in [6, 6.07) is 0.0852. The lowest BCUT2D eigenvalue weighted by Crippen LogP contribution is -2.53. The molecule has 0 radical (unpaired) electrons. The molecule has 3 N–H and O–H groups in total. The first-order chi connectivity index (χ1) is 7.73. The van der Waals surface area contributed by atoms with Crippen molar-refractivity contribution in [1.82, 2.24) is 10.6 Å². The summed E-state index contributed by atoms with van der Waals surface area (Å²) in [5.41, 5.74) is -1.04. The summed E-state index contributed by atoms with van der Waals surface area (Å²) in [6.45, 7) is 9.34. The van der Waals surface area contributed by atoms with E-state index in [0.29, 0.717) is 12.3 Å². The minimum Gasteiger partial charge on any atom is -0.480 e. The van der Waals surface area contributed by atoms with Gasteiger partial charge in [0.1, 0.15) is 5.54 Å². The van der Waals surface area contributed by atoms with Gasteiger partial charge in [0.2, 0.25) is 5.91 Å². The smallest absolute Gasteiger partial charge is 0.323 e. The van der Waals surface area contributed by atoms with Gasteiger partial charge < -0.3 is 10.4 Å². The Morgan fingerprint density at radius 3 is 2.18 bits per heavy atom. The highest BCUT2D eigenvalue weighted by atomic mass is 16.4. The lowest BCUT2D eigenvalue weighted by molar-refractivity contribution is -0.144. The van der Waals surface area contributed by atoms with Gasteiger partial charge >= 0.3 is 5.97 Å². The third-order valence-electron chi connectivity index (χ3n) is 3.21. The van der Waals surface area contributed by atoms with Crippen molar-refractivity contribution in [2.75, 3.05) is 6.54 Å². The second kappa shape index (κ2) is 6.59. The van der Waals surface area contributed by atoms with Crippen LogP contribution in [0.5, 0.6) is 0 Å². The Morgan fingerprint density at radius 1 is 1.29 bits per heavy atom. The van der Waals surface area contributed by atoms with E-state index in [0.717, 1.165) is 0 Å². The van der Waals surface area contributed by atoms with Crippen LogP contribution in [0.2, 0.25) is 0 Å². The first-order valence-corrected chi connectivity index (χ1v) is 6.00. The number of hydrogen-bond donors (Lipinski definition) is 3. The van der Waals surface area contributed by atoms with Crippen LogP contribution in [0.25, 0.3) is 0 Å². The summed E-state index contributed by atoms with van der Waals surface area (Å²) in [7, 11) is 0. The van der Waals surface area contributed by atoms with Gasteiger partial charge in [-0.05, 0) is 26.2 Å². The minimum absolute atomic E-state index is 0.0215. The first-order valence-electron chi connectivity index (χ1n) is 6.00. The maximum atomic E-state index is 11.6. The fourth-order valence-electron chi connectivity index (χ4n) is 1.10. The molecule has 5 heteroatoms. The van der Waals surface area contributed by atoms with Gasteiger partial charge in [-0.25, -0.2) is 0 Å². The SMILES string of the molecule is CCC(C)(NCC(=O)NC(C)C(C)C)C(=O)O. The van der Waals surface area contributed by atoms with Crippen molar-refractivity contribution in [2.45, 2.75) is 52.6 Å². The summed E-state index contributed by atoms with van der Waals surface area (Å²) < 4.78 is 0. The third-order valence-corrected chi connectivity index (χ3v) is 3.21. The predicted molar refractivity (Wildman–Crippen MR) is 66.8 cm³/mol. The van der Waals surface area contributed by atoms with Crippen molar-refractivity contribution in [2.24, 2.45) is 5.92 Å². The van der Waals surface area contributed by atoms with Crippen molar-refractivity contribution in [3.05, 3.63) is 0 Å². The molecular formula is C12H24N2O3. The Morgan fingerprint density at radius 2 is 1.82 bits per heavy atom. The molecule has 17 heavy (non-hydrogen) atoms. The van der Waals surface area contributed by atoms with E-state index in [9.17, 15) is 9.59 Å². The van der Waals surface area contributed by atoms with Crippen LogP contribution < -0.4 is 10.6 Å². The normalized spacial score (nSPS) is 16.4. The van der Waals surface area contributed by atoms with Crippen LogP contribution >= 0.6 is 0 Å². The van der Waals surface area contributed by atoms with Crippen LogP contribution in [0.1, 0.15) is 41.0 Å². The van der Waals surface area contributed by atoms with Gasteiger partial charge in [0, 0.05) is 6.04 Å². The highest BCUT2D eigenvalue weighted by molar-refractivity contribution is 5.82. The maximum Gasteiger partial charge on any atom is 0.323 e. The Balaban J connectivity index is 4.20. The average molecular weight is 244 g/mol. The molecule has 100 valence electrons. The Bertz CT molecular complexity index is 279. The summed E-state index contributed by atoms with van der Waals surface area (Å²) in [5, 5.41) is 14.6. The van der Waals surface area contributed by atoms with Gasteiger partial charge in [0.05, 0.1) is 6.54 Å². The number of amides is 1. The molecule has 0 heterocycles. The quantitative estimate of drug-likeness (QED) is 0.624. The van der Waals surface area contributed by atoms with Crippen molar-refractivity contribution in [3.8, 4) is 0 Å². The second-order valence-corrected chi connectivity index (χ2v) is 4.94. The lowest BCUT2D eigenvalue weighted by Gasteiger charge is -2.25. The monoisotopic (exact) mass is 244 g/mol. The van der Waals surface area contributed by atoms with E-state index in [2.05, 4.69) is 10.6 Å². The Labute approximate surface area is 103 Å². The van der Waals surface area contributed by atoms with Crippen LogP contribution in [0.15, 0.2) is 0 Å². The molecule has 0 aromatic carbocycles. The van der Waals surface area contributed by atoms with Crippen LogP contribution in [0, 0.1) is 5.92 Å². The van der Waals surface area contributed by atoms with E-state index >= 15 is 0 Å². The number of nitrogens with one attached hydrogen (secondary N) is 2. The zero-order valence-electron chi connectivity index (χ0n) is 11.3. The molecule has 0 saturated carbocycles. The number of carbonyl (C=O) groups is 2. The molecule has 0 aliphatic carbocycles. The molecule has 5 nitrogen and oxygen atoms in total. The van der Waals surface area contributed by atoms with Gasteiger partial charge in [0.25, 0.3) is 0 Å². The molecular weight excluding hydrogens is 220 g/mol. The standard InChI is InChI=1S/C12H24N2O3/c1-6-12(5,11(16)17)13-7-10(15)14-9(4)8(2)3/h8-9,13H,6-7H2,1-5H3,(H,14,15)(H,16,17). The number of carbonyl (C=O) groups excluding carboxylic acids is 1. The molecule has 2 atom stereocenters. The van der Waals surface area contributed by atoms with E-state index < -0.39 is 11.5 Å². The molecule has 1 amide bonds. The molecule has 0 bridgehead atoms. The van der Waals surface area contributed by atoms with E-state index in [1.165, 1.54) is 0 Å². The first kappa shape index (κ1) is 15.9. The fraction of sp³-hybridized carbons (Fsp3) is 0.833. The van der Waals surface area contributed by atoms with Crippen LogP contribution in [-0.2, 0) is 9.59 Å². The summed E-state index contributed by atoms with van der Waals surface area (Å²) in [4.78, 5) is 22.6. The molecule has 0 spiro atoms. The van der Waals surface area contributed by atoms with Crippen molar-refractivity contribution >= 4 is 11.9 Å². The van der Waals surface area contributed by atoms with Crippen LogP contribution in [-0.4, -0.2) is 35.1 Å². The summed E-state index contributed by atoms with van der Waals surface area (Å²) in [6.07, 6.45) is 0.426. The van der Waals surface area contributed by atoms with Gasteiger partial charge in [-0.15, -0.1) is 0 Å². The Hall–Kier alpha value is -1.10. The van der Waals surface area contributed by atoms with E-state index in [1.807, 2.05) is 20.8 Å². The lowest BCUT2D eigenvalue weighted by atomic mass is 9.99. The molecule has 0 aromatic heterocycles. The predicted octanol–water partition coefficient (Wildman–Crippen LogP) is 0.990. The minimum atomic E-state index is -1.04. The van der Waals surface area contributed by atoms with Crippen molar-refractivity contribution < 1.29 is 14.7 Å². The van der Waals surface area contributed by atoms with Gasteiger partial charge in [-0.3, -0.25) is 14.9 Å². The van der Waals surface area contributed by atoms with Gasteiger partial charge in [-0.2, -0.15) is 0 Å². The van der Waals surface area contributed by atoms with Gasteiger partial charge in [0.15, 0.2) is 0 Å². The molecule has 0 aliphatic rings. The number of carboxylic acids is 1. The van der Waals surface area contributed by atoms with Crippen molar-refractivity contribution in [1.29, 1.82) is 0 Å². The fourth-order valence-corrected chi connectivity index (χ4v) is 1.10. The van der Waals surface area contributed by atoms with E-state index in [-0.39, 0.29) is 18.5 Å². The number of hydrogen-bond acceptors (Lipinski definition) is 3. The van der Waals surface area contributed by atoms with E-state index in [4.69, 9.17) is 5.11 Å². The topological polar surface area (TPSA) is 78.4 Å². The second-order valence-electron chi connectivity index (χ2n) is 4.94. The zero-order valence-corrected chi connectivity index (χ0v) is 11.3. The highest BCUT2D eigenvalue weighted by Crippen LogP contribution is 2.08. The van der Waals surface area contributed by atoms with Gasteiger partial charge in [-0.1, -0.05) is 20.8 Å². The molecule has 2 unspecified atom stereocenters. The van der Waals surface area contributed by atoms with Crippen molar-refractivity contribution in [3.63, 3.8) is 0 Å². The molecule has 0 aliphatic heterocycles. The van der Waals surface area contributed by atoms with Crippen LogP contribution in [0.4, 0.5) is 0 Å². The molecule has 0 rings (SSSR count). The summed E-state index contributed by atoms with van der Waals surface area (Å²) in [5.74, 6) is -0.757. The summed E-state index contributed by atoms with van der Waals surface area (Å²) >= 11 is 0.